The van der Waals surface area contributed by atoms with Gasteiger partial charge in [0.25, 0.3) is 0 Å². The van der Waals surface area contributed by atoms with E-state index in [0.29, 0.717) is 0 Å². The molecular formula is C22H44N2Y3-2. The molecule has 3 radical (unpaired) electrons. The Morgan fingerprint density at radius 3 is 1.48 bits per heavy atom. The molecule has 0 fully saturated rings. The summed E-state index contributed by atoms with van der Waals surface area (Å²) in [6.07, 6.45) is 25.2. The Kier molecular flexibility index (Phi) is 50.2. The first kappa shape index (κ1) is 37.3. The van der Waals surface area contributed by atoms with Crippen molar-refractivity contribution in [3.05, 3.63) is 22.8 Å². The predicted octanol–water partition coefficient (Wildman–Crippen LogP) is 7.78. The Labute approximate surface area is 247 Å². The minimum atomic E-state index is 0. The molecule has 0 heterocycles. The van der Waals surface area contributed by atoms with Crippen LogP contribution < -0.4 is 0 Å². The Hall–Kier alpha value is 2.97. The molecule has 0 aliphatic heterocycles. The van der Waals surface area contributed by atoms with Gasteiger partial charge in [0.05, 0.1) is 0 Å². The first-order valence-electron chi connectivity index (χ1n) is 10.8. The van der Waals surface area contributed by atoms with Crippen LogP contribution in [0.25, 0.3) is 10.6 Å². The van der Waals surface area contributed by atoms with Crippen LogP contribution in [0.1, 0.15) is 103 Å². The summed E-state index contributed by atoms with van der Waals surface area (Å²) >= 11 is 0. The molecule has 0 saturated heterocycles. The molecule has 0 atom stereocenters. The summed E-state index contributed by atoms with van der Waals surface area (Å²) in [7, 11) is 1.88. The number of allylic oxidation sites excluding steroid dienone is 2. The fraction of sp³-hybridized carbons (Fsp3) is 0.909. The summed E-state index contributed by atoms with van der Waals surface area (Å²) in [4.78, 5) is 0. The molecule has 153 valence electrons. The van der Waals surface area contributed by atoms with Crippen LogP contribution in [0, 0.1) is 0 Å². The summed E-state index contributed by atoms with van der Waals surface area (Å²) in [5.74, 6) is 0. The van der Waals surface area contributed by atoms with Gasteiger partial charge in [0.2, 0.25) is 0 Å². The number of rotatable bonds is 20. The van der Waals surface area contributed by atoms with Crippen LogP contribution in [-0.4, -0.2) is 26.7 Å². The van der Waals surface area contributed by atoms with E-state index in [0.717, 1.165) is 26.1 Å². The Bertz CT molecular complexity index is 252. The van der Waals surface area contributed by atoms with Crippen molar-refractivity contribution in [3.63, 3.8) is 0 Å². The second-order valence-corrected chi connectivity index (χ2v) is 7.00. The second kappa shape index (κ2) is 36.4. The number of unbranched alkanes of at least 4 members (excludes halogenated alkanes) is 12. The van der Waals surface area contributed by atoms with E-state index < -0.39 is 0 Å². The van der Waals surface area contributed by atoms with E-state index in [-0.39, 0.29) is 98.1 Å². The maximum absolute atomic E-state index is 4.54. The molecule has 0 saturated carbocycles. The van der Waals surface area contributed by atoms with Crippen molar-refractivity contribution >= 4 is 0 Å². The monoisotopic (exact) mass is 603 g/mol. The van der Waals surface area contributed by atoms with Gasteiger partial charge in [-0.3, -0.25) is 0 Å². The molecule has 0 unspecified atom stereocenters. The Balaban J connectivity index is -0.000000882. The third-order valence-electron chi connectivity index (χ3n) is 4.53. The van der Waals surface area contributed by atoms with E-state index in [9.17, 15) is 0 Å². The van der Waals surface area contributed by atoms with Crippen molar-refractivity contribution in [1.82, 2.24) is 0 Å². The van der Waals surface area contributed by atoms with Gasteiger partial charge in [-0.2, -0.15) is 20.1 Å². The van der Waals surface area contributed by atoms with Crippen LogP contribution in [0.5, 0.6) is 0 Å². The molecule has 2 nitrogen and oxygen atoms in total. The van der Waals surface area contributed by atoms with Crippen LogP contribution in [0.4, 0.5) is 0 Å². The molecule has 0 spiro atoms. The van der Waals surface area contributed by atoms with Crippen molar-refractivity contribution in [2.45, 2.75) is 103 Å². The van der Waals surface area contributed by atoms with Crippen molar-refractivity contribution in [2.24, 2.45) is 0 Å². The molecule has 0 aliphatic rings. The number of nitrogens with zero attached hydrogens (tertiary/aromatic N) is 2. The van der Waals surface area contributed by atoms with Crippen LogP contribution >= 0.6 is 0 Å². The standard InChI is InChI=1S/C22H44N2.3Y/c1-3-4-5-6-7-8-9-10-11-12-13-14-15-16-17-18-21-24-22-19-20-23-2;;;/h10-11H,3-9,12-22H2,1-2H3;;;/q-2;;;/b11-10-;;;. The fourth-order valence-electron chi connectivity index (χ4n) is 2.92. The fourth-order valence-corrected chi connectivity index (χ4v) is 2.92. The van der Waals surface area contributed by atoms with Crippen molar-refractivity contribution < 1.29 is 98.1 Å². The second-order valence-electron chi connectivity index (χ2n) is 7.00. The molecular weight excluding hydrogens is 559 g/mol. The first-order valence-corrected chi connectivity index (χ1v) is 10.8. The molecule has 0 bridgehead atoms. The molecule has 5 heteroatoms. The van der Waals surface area contributed by atoms with E-state index in [4.69, 9.17) is 0 Å². The molecule has 0 amide bonds. The van der Waals surface area contributed by atoms with Crippen molar-refractivity contribution in [1.29, 1.82) is 0 Å². The molecule has 0 aromatic carbocycles. The van der Waals surface area contributed by atoms with Crippen molar-refractivity contribution in [3.8, 4) is 0 Å². The summed E-state index contributed by atoms with van der Waals surface area (Å²) in [5.41, 5.74) is 0. The maximum Gasteiger partial charge on any atom is 0 e. The van der Waals surface area contributed by atoms with Crippen LogP contribution in [0.2, 0.25) is 0 Å². The third kappa shape index (κ3) is 36.7. The third-order valence-corrected chi connectivity index (χ3v) is 4.53. The molecule has 0 N–H and O–H groups in total. The zero-order valence-corrected chi connectivity index (χ0v) is 27.0. The van der Waals surface area contributed by atoms with Gasteiger partial charge in [-0.15, -0.1) is 6.54 Å². The predicted molar refractivity (Wildman–Crippen MR) is 111 cm³/mol. The van der Waals surface area contributed by atoms with Gasteiger partial charge in [-0.1, -0.05) is 89.7 Å². The van der Waals surface area contributed by atoms with Gasteiger partial charge in [-0.05, 0) is 25.7 Å². The summed E-state index contributed by atoms with van der Waals surface area (Å²) in [6, 6.07) is 0. The summed E-state index contributed by atoms with van der Waals surface area (Å²) in [5, 5.41) is 8.63. The van der Waals surface area contributed by atoms with E-state index in [1.54, 1.807) is 0 Å². The van der Waals surface area contributed by atoms with E-state index >= 15 is 0 Å². The van der Waals surface area contributed by atoms with E-state index in [1.807, 2.05) is 7.05 Å². The zero-order chi connectivity index (χ0) is 17.6. The SMILES string of the molecule is CCCCCCCC/C=C\CCCCCCCC[N-]CCC[N-]C.[Y].[Y].[Y]. The summed E-state index contributed by atoms with van der Waals surface area (Å²) in [6.45, 7) is 5.31. The maximum atomic E-state index is 4.54. The van der Waals surface area contributed by atoms with Crippen LogP contribution in [-0.2, 0) is 98.1 Å². The van der Waals surface area contributed by atoms with Gasteiger partial charge < -0.3 is 10.6 Å². The molecule has 0 rings (SSSR count). The van der Waals surface area contributed by atoms with E-state index in [1.165, 1.54) is 89.9 Å². The first-order chi connectivity index (χ1) is 11.9. The average molecular weight is 603 g/mol. The quantitative estimate of drug-likeness (QED) is 0.101. The Morgan fingerprint density at radius 1 is 0.519 bits per heavy atom. The van der Waals surface area contributed by atoms with Crippen molar-refractivity contribution in [2.75, 3.05) is 26.7 Å². The molecule has 0 aliphatic carbocycles. The van der Waals surface area contributed by atoms with Gasteiger partial charge in [0, 0.05) is 98.1 Å². The minimum Gasteiger partial charge on any atom is -0.665 e. The normalized spacial score (nSPS) is 10.3. The smallest absolute Gasteiger partial charge is 0 e. The number of hydrogen-bond donors (Lipinski definition) is 0. The minimum absolute atomic E-state index is 0. The summed E-state index contributed by atoms with van der Waals surface area (Å²) < 4.78 is 0. The zero-order valence-electron chi connectivity index (χ0n) is 18.5. The van der Waals surface area contributed by atoms with Gasteiger partial charge in [0.1, 0.15) is 0 Å². The molecule has 27 heavy (non-hydrogen) atoms. The van der Waals surface area contributed by atoms with E-state index in [2.05, 4.69) is 29.7 Å². The van der Waals surface area contributed by atoms with Crippen LogP contribution in [0.3, 0.4) is 0 Å². The average Bonchev–Trinajstić information content (AvgIpc) is 2.60. The van der Waals surface area contributed by atoms with Crippen LogP contribution in [0.15, 0.2) is 12.2 Å². The number of hydrogen-bond acceptors (Lipinski definition) is 0. The Morgan fingerprint density at radius 2 is 0.963 bits per heavy atom. The molecule has 0 aromatic rings. The van der Waals surface area contributed by atoms with Gasteiger partial charge in [-0.25, -0.2) is 0 Å². The molecule has 0 aromatic heterocycles. The van der Waals surface area contributed by atoms with Gasteiger partial charge in [0.15, 0.2) is 0 Å². The largest absolute Gasteiger partial charge is 0.665 e. The topological polar surface area (TPSA) is 28.2 Å². The van der Waals surface area contributed by atoms with Gasteiger partial charge >= 0.3 is 0 Å².